The molecule has 2 aromatic rings. The van der Waals surface area contributed by atoms with Gasteiger partial charge in [0.1, 0.15) is 4.90 Å². The number of nitrogens with one attached hydrogen (secondary N) is 2. The van der Waals surface area contributed by atoms with E-state index in [0.717, 1.165) is 43.9 Å². The number of carbonyl (C=O) groups excluding carboxylic acids is 2. The van der Waals surface area contributed by atoms with Crippen molar-refractivity contribution in [3.8, 4) is 0 Å². The Bertz CT molecular complexity index is 992. The number of nitrogens with zero attached hydrogens (tertiary/aromatic N) is 2. The van der Waals surface area contributed by atoms with E-state index in [-0.39, 0.29) is 16.7 Å². The van der Waals surface area contributed by atoms with Gasteiger partial charge in [0.2, 0.25) is 15.9 Å². The summed E-state index contributed by atoms with van der Waals surface area (Å²) in [5, 5.41) is 5.31. The van der Waals surface area contributed by atoms with Crippen molar-refractivity contribution >= 4 is 39.4 Å². The zero-order valence-corrected chi connectivity index (χ0v) is 18.9. The van der Waals surface area contributed by atoms with Gasteiger partial charge in [-0.1, -0.05) is 49.2 Å². The molecule has 166 valence electrons. The summed E-state index contributed by atoms with van der Waals surface area (Å²) in [6.45, 7) is 0. The van der Waals surface area contributed by atoms with Gasteiger partial charge in [-0.15, -0.1) is 0 Å². The number of thioether (sulfide) groups is 1. The SMILES string of the molecule is CN(C1CCCCC1)S(=O)(=O)c1ccc(SCC(=O)NC(=O)Nc2ccccc2)nc1. The maximum Gasteiger partial charge on any atom is 0.325 e. The topological polar surface area (TPSA) is 108 Å². The molecule has 1 heterocycles. The molecule has 0 radical (unpaired) electrons. The second-order valence-corrected chi connectivity index (χ2v) is 10.3. The molecular formula is C21H26N4O4S2. The molecule has 31 heavy (non-hydrogen) atoms. The highest BCUT2D eigenvalue weighted by Gasteiger charge is 2.29. The average Bonchev–Trinajstić information content (AvgIpc) is 2.78. The van der Waals surface area contributed by atoms with Crippen LogP contribution in [-0.4, -0.2) is 48.5 Å². The molecule has 1 aliphatic rings. The van der Waals surface area contributed by atoms with Crippen molar-refractivity contribution in [1.29, 1.82) is 0 Å². The van der Waals surface area contributed by atoms with Gasteiger partial charge in [0.05, 0.1) is 10.8 Å². The Labute approximate surface area is 186 Å². The van der Waals surface area contributed by atoms with Crippen LogP contribution in [0.25, 0.3) is 0 Å². The summed E-state index contributed by atoms with van der Waals surface area (Å²) in [6.07, 6.45) is 6.32. The molecule has 0 bridgehead atoms. The van der Waals surface area contributed by atoms with Crippen LogP contribution >= 0.6 is 11.8 Å². The lowest BCUT2D eigenvalue weighted by Gasteiger charge is -2.30. The lowest BCUT2D eigenvalue weighted by Crippen LogP contribution is -2.38. The predicted octanol–water partition coefficient (Wildman–Crippen LogP) is 3.48. The number of para-hydroxylation sites is 1. The number of urea groups is 1. The highest BCUT2D eigenvalue weighted by molar-refractivity contribution is 7.99. The van der Waals surface area contributed by atoms with Crippen LogP contribution in [0.1, 0.15) is 32.1 Å². The highest BCUT2D eigenvalue weighted by atomic mass is 32.2. The van der Waals surface area contributed by atoms with E-state index in [9.17, 15) is 18.0 Å². The van der Waals surface area contributed by atoms with Crippen LogP contribution in [-0.2, 0) is 14.8 Å². The number of benzene rings is 1. The molecule has 1 saturated carbocycles. The molecule has 0 aliphatic heterocycles. The average molecular weight is 463 g/mol. The molecule has 0 atom stereocenters. The summed E-state index contributed by atoms with van der Waals surface area (Å²) >= 11 is 1.12. The van der Waals surface area contributed by atoms with Crippen LogP contribution in [0.2, 0.25) is 0 Å². The smallest absolute Gasteiger partial charge is 0.308 e. The van der Waals surface area contributed by atoms with Crippen molar-refractivity contribution in [2.24, 2.45) is 0 Å². The van der Waals surface area contributed by atoms with Gasteiger partial charge in [-0.2, -0.15) is 4.31 Å². The number of anilines is 1. The Morgan fingerprint density at radius 2 is 1.81 bits per heavy atom. The number of amides is 3. The lowest BCUT2D eigenvalue weighted by molar-refractivity contribution is -0.117. The van der Waals surface area contributed by atoms with Crippen molar-refractivity contribution in [1.82, 2.24) is 14.6 Å². The number of imide groups is 1. The van der Waals surface area contributed by atoms with E-state index in [2.05, 4.69) is 15.6 Å². The van der Waals surface area contributed by atoms with Gasteiger partial charge in [0, 0.05) is 25.0 Å². The zero-order valence-electron chi connectivity index (χ0n) is 17.3. The van der Waals surface area contributed by atoms with Gasteiger partial charge in [-0.05, 0) is 37.1 Å². The van der Waals surface area contributed by atoms with E-state index in [4.69, 9.17) is 0 Å². The molecule has 8 nitrogen and oxygen atoms in total. The molecule has 10 heteroatoms. The largest absolute Gasteiger partial charge is 0.325 e. The minimum Gasteiger partial charge on any atom is -0.308 e. The second-order valence-electron chi connectivity index (χ2n) is 7.30. The van der Waals surface area contributed by atoms with Gasteiger partial charge in [0.25, 0.3) is 0 Å². The van der Waals surface area contributed by atoms with Crippen molar-refractivity contribution < 1.29 is 18.0 Å². The Morgan fingerprint density at radius 1 is 1.10 bits per heavy atom. The molecule has 3 rings (SSSR count). The number of aromatic nitrogens is 1. The van der Waals surface area contributed by atoms with E-state index in [1.54, 1.807) is 37.4 Å². The fourth-order valence-corrected chi connectivity index (χ4v) is 5.40. The first-order chi connectivity index (χ1) is 14.9. The van der Waals surface area contributed by atoms with Crippen LogP contribution in [0.15, 0.2) is 58.6 Å². The molecule has 1 aromatic heterocycles. The standard InChI is InChI=1S/C21H26N4O4S2/c1-25(17-10-6-3-7-11-17)31(28,29)18-12-13-20(22-14-18)30-15-19(26)24-21(27)23-16-8-4-2-5-9-16/h2,4-5,8-9,12-14,17H,3,6-7,10-11,15H2,1H3,(H2,23,24,26,27). The minimum absolute atomic E-state index is 0.0245. The van der Waals surface area contributed by atoms with Crippen molar-refractivity contribution in [3.05, 3.63) is 48.7 Å². The van der Waals surface area contributed by atoms with E-state index in [0.29, 0.717) is 10.7 Å². The highest BCUT2D eigenvalue weighted by Crippen LogP contribution is 2.27. The molecule has 1 aliphatic carbocycles. The summed E-state index contributed by atoms with van der Waals surface area (Å²) in [5.41, 5.74) is 0.581. The molecule has 0 spiro atoms. The molecule has 1 fully saturated rings. The summed E-state index contributed by atoms with van der Waals surface area (Å²) in [7, 11) is -1.98. The van der Waals surface area contributed by atoms with E-state index < -0.39 is 22.0 Å². The van der Waals surface area contributed by atoms with E-state index in [1.807, 2.05) is 6.07 Å². The van der Waals surface area contributed by atoms with Crippen molar-refractivity contribution in [2.75, 3.05) is 18.1 Å². The quantitative estimate of drug-likeness (QED) is 0.610. The Hall–Kier alpha value is -2.43. The number of carbonyl (C=O) groups is 2. The number of hydrogen-bond acceptors (Lipinski definition) is 6. The normalized spacial score (nSPS) is 14.9. The van der Waals surface area contributed by atoms with E-state index in [1.165, 1.54) is 16.6 Å². The van der Waals surface area contributed by atoms with Gasteiger partial charge in [0.15, 0.2) is 0 Å². The first kappa shape index (κ1) is 23.2. The third-order valence-electron chi connectivity index (χ3n) is 5.11. The minimum atomic E-state index is -3.60. The van der Waals surface area contributed by atoms with Gasteiger partial charge < -0.3 is 5.32 Å². The van der Waals surface area contributed by atoms with Crippen molar-refractivity contribution in [3.63, 3.8) is 0 Å². The number of rotatable bonds is 7. The molecular weight excluding hydrogens is 436 g/mol. The number of pyridine rings is 1. The molecule has 1 aromatic carbocycles. The first-order valence-electron chi connectivity index (χ1n) is 10.1. The lowest BCUT2D eigenvalue weighted by atomic mass is 9.96. The monoisotopic (exact) mass is 462 g/mol. The Morgan fingerprint density at radius 3 is 2.45 bits per heavy atom. The van der Waals surface area contributed by atoms with Gasteiger partial charge in [-0.25, -0.2) is 18.2 Å². The summed E-state index contributed by atoms with van der Waals surface area (Å²) in [4.78, 5) is 28.1. The van der Waals surface area contributed by atoms with Crippen LogP contribution in [0.3, 0.4) is 0 Å². The predicted molar refractivity (Wildman–Crippen MR) is 120 cm³/mol. The van der Waals surface area contributed by atoms with Crippen LogP contribution in [0, 0.1) is 0 Å². The third kappa shape index (κ3) is 6.52. The fourth-order valence-electron chi connectivity index (χ4n) is 3.40. The molecule has 0 saturated heterocycles. The summed E-state index contributed by atoms with van der Waals surface area (Å²) in [6, 6.07) is 11.3. The number of sulfonamides is 1. The Kier molecular flexibility index (Phi) is 8.05. The molecule has 0 unspecified atom stereocenters. The zero-order chi connectivity index (χ0) is 22.3. The van der Waals surface area contributed by atoms with Crippen LogP contribution < -0.4 is 10.6 Å². The summed E-state index contributed by atoms with van der Waals surface area (Å²) in [5.74, 6) is -0.502. The fraction of sp³-hybridized carbons (Fsp3) is 0.381. The van der Waals surface area contributed by atoms with Crippen molar-refractivity contribution in [2.45, 2.75) is 48.1 Å². The van der Waals surface area contributed by atoms with Gasteiger partial charge in [-0.3, -0.25) is 10.1 Å². The van der Waals surface area contributed by atoms with Crippen LogP contribution in [0.5, 0.6) is 0 Å². The van der Waals surface area contributed by atoms with Crippen LogP contribution in [0.4, 0.5) is 10.5 Å². The van der Waals surface area contributed by atoms with Gasteiger partial charge >= 0.3 is 6.03 Å². The molecule has 2 N–H and O–H groups in total. The Balaban J connectivity index is 1.50. The maximum absolute atomic E-state index is 12.9. The maximum atomic E-state index is 12.9. The summed E-state index contributed by atoms with van der Waals surface area (Å²) < 4.78 is 27.2. The second kappa shape index (κ2) is 10.7. The van der Waals surface area contributed by atoms with E-state index >= 15 is 0 Å². The number of hydrogen-bond donors (Lipinski definition) is 2. The first-order valence-corrected chi connectivity index (χ1v) is 12.5. The molecule has 3 amide bonds. The third-order valence-corrected chi connectivity index (χ3v) is 7.95.